The van der Waals surface area contributed by atoms with Gasteiger partial charge in [-0.2, -0.15) is 0 Å². The first kappa shape index (κ1) is 15.9. The zero-order valence-electron chi connectivity index (χ0n) is 11.2. The summed E-state index contributed by atoms with van der Waals surface area (Å²) >= 11 is 0. The maximum absolute atomic E-state index is 11.6. The minimum Gasteiger partial charge on any atom is -0.506 e. The molecule has 0 radical (unpaired) electrons. The number of anilines is 1. The normalized spacial score (nSPS) is 10.1. The number of rotatable bonds is 6. The van der Waals surface area contributed by atoms with Crippen molar-refractivity contribution >= 4 is 17.5 Å². The third-order valence-electron chi connectivity index (χ3n) is 2.38. The number of nitrogens with one attached hydrogen (secondary N) is 2. The number of phenols is 1. The van der Waals surface area contributed by atoms with Crippen LogP contribution in [0.4, 0.5) is 5.69 Å². The number of amides is 2. The number of hydrogen-bond acceptors (Lipinski definition) is 5. The quantitative estimate of drug-likeness (QED) is 0.327. The molecule has 0 heterocycles. The average molecular weight is 282 g/mol. The van der Waals surface area contributed by atoms with Crippen molar-refractivity contribution < 1.29 is 24.5 Å². The molecule has 0 saturated heterocycles. The van der Waals surface area contributed by atoms with Gasteiger partial charge in [0.25, 0.3) is 0 Å². The standard InChI is InChI=1S/C13H18N2O5/c1-9-2-3-10(11(17)8-9)15-13(19)12(18)14-4-6-20-7-5-16/h2-3,8,16-17H,4-7H2,1H3,(H,14,18)(H,15,19). The number of aliphatic hydroxyl groups is 1. The summed E-state index contributed by atoms with van der Waals surface area (Å²) in [7, 11) is 0. The van der Waals surface area contributed by atoms with Crippen LogP contribution in [0.5, 0.6) is 5.75 Å². The van der Waals surface area contributed by atoms with Crippen molar-refractivity contribution in [1.29, 1.82) is 0 Å². The second-order valence-corrected chi connectivity index (χ2v) is 4.07. The summed E-state index contributed by atoms with van der Waals surface area (Å²) in [6.45, 7) is 2.24. The third-order valence-corrected chi connectivity index (χ3v) is 2.38. The van der Waals surface area contributed by atoms with E-state index in [9.17, 15) is 14.7 Å². The van der Waals surface area contributed by atoms with Crippen LogP contribution in [0.2, 0.25) is 0 Å². The first-order chi connectivity index (χ1) is 9.54. The fourth-order valence-corrected chi connectivity index (χ4v) is 1.41. The monoisotopic (exact) mass is 282 g/mol. The zero-order chi connectivity index (χ0) is 15.0. The van der Waals surface area contributed by atoms with E-state index in [-0.39, 0.29) is 37.8 Å². The second kappa shape index (κ2) is 8.13. The van der Waals surface area contributed by atoms with Crippen LogP contribution in [-0.4, -0.2) is 48.4 Å². The summed E-state index contributed by atoms with van der Waals surface area (Å²) < 4.78 is 4.93. The smallest absolute Gasteiger partial charge is 0.313 e. The number of aromatic hydroxyl groups is 1. The Bertz CT molecular complexity index is 476. The van der Waals surface area contributed by atoms with Gasteiger partial charge in [-0.15, -0.1) is 0 Å². The third kappa shape index (κ3) is 5.25. The molecule has 0 bridgehead atoms. The van der Waals surface area contributed by atoms with Crippen LogP contribution in [0, 0.1) is 6.92 Å². The Labute approximate surface area is 116 Å². The molecule has 1 aromatic carbocycles. The lowest BCUT2D eigenvalue weighted by atomic mass is 10.2. The number of aryl methyl sites for hydroxylation is 1. The molecule has 0 aliphatic rings. The number of aliphatic hydroxyl groups excluding tert-OH is 1. The highest BCUT2D eigenvalue weighted by atomic mass is 16.5. The lowest BCUT2D eigenvalue weighted by Crippen LogP contribution is -2.37. The summed E-state index contributed by atoms with van der Waals surface area (Å²) in [5, 5.41) is 22.7. The predicted molar refractivity (Wildman–Crippen MR) is 72.4 cm³/mol. The van der Waals surface area contributed by atoms with E-state index in [2.05, 4.69) is 10.6 Å². The van der Waals surface area contributed by atoms with E-state index in [1.807, 2.05) is 0 Å². The summed E-state index contributed by atoms with van der Waals surface area (Å²) in [6, 6.07) is 4.70. The number of hydrogen-bond donors (Lipinski definition) is 4. The lowest BCUT2D eigenvalue weighted by Gasteiger charge is -2.08. The van der Waals surface area contributed by atoms with Crippen LogP contribution in [0.3, 0.4) is 0 Å². The Hall–Kier alpha value is -2.12. The van der Waals surface area contributed by atoms with Gasteiger partial charge in [0.1, 0.15) is 5.75 Å². The summed E-state index contributed by atoms with van der Waals surface area (Å²) in [5.74, 6) is -1.79. The highest BCUT2D eigenvalue weighted by Gasteiger charge is 2.14. The molecule has 1 rings (SSSR count). The van der Waals surface area contributed by atoms with E-state index in [4.69, 9.17) is 9.84 Å². The van der Waals surface area contributed by atoms with E-state index in [0.717, 1.165) is 5.56 Å². The first-order valence-electron chi connectivity index (χ1n) is 6.12. The van der Waals surface area contributed by atoms with Crippen LogP contribution in [0.25, 0.3) is 0 Å². The van der Waals surface area contributed by atoms with Crippen molar-refractivity contribution in [3.8, 4) is 5.75 Å². The Morgan fingerprint density at radius 3 is 2.65 bits per heavy atom. The molecule has 4 N–H and O–H groups in total. The van der Waals surface area contributed by atoms with Crippen molar-refractivity contribution in [1.82, 2.24) is 5.32 Å². The van der Waals surface area contributed by atoms with Gasteiger partial charge in [-0.25, -0.2) is 0 Å². The molecule has 0 saturated carbocycles. The van der Waals surface area contributed by atoms with Gasteiger partial charge in [0.2, 0.25) is 0 Å². The fraction of sp³-hybridized carbons (Fsp3) is 0.385. The molecule has 0 aliphatic heterocycles. The van der Waals surface area contributed by atoms with Crippen molar-refractivity contribution in [3.05, 3.63) is 23.8 Å². The molecule has 0 fully saturated rings. The number of benzene rings is 1. The van der Waals surface area contributed by atoms with Crippen LogP contribution < -0.4 is 10.6 Å². The maximum Gasteiger partial charge on any atom is 0.313 e. The SMILES string of the molecule is Cc1ccc(NC(=O)C(=O)NCCOCCO)c(O)c1. The molecule has 0 aromatic heterocycles. The average Bonchev–Trinajstić information content (AvgIpc) is 2.41. The van der Waals surface area contributed by atoms with Gasteiger partial charge in [-0.1, -0.05) is 6.07 Å². The predicted octanol–water partition coefficient (Wildman–Crippen LogP) is -0.236. The maximum atomic E-state index is 11.6. The van der Waals surface area contributed by atoms with Gasteiger partial charge >= 0.3 is 11.8 Å². The first-order valence-corrected chi connectivity index (χ1v) is 6.12. The van der Waals surface area contributed by atoms with Gasteiger partial charge < -0.3 is 25.6 Å². The van der Waals surface area contributed by atoms with E-state index in [1.54, 1.807) is 13.0 Å². The molecule has 110 valence electrons. The van der Waals surface area contributed by atoms with Crippen LogP contribution in [-0.2, 0) is 14.3 Å². The van der Waals surface area contributed by atoms with Crippen molar-refractivity contribution in [2.45, 2.75) is 6.92 Å². The number of carbonyl (C=O) groups is 2. The highest BCUT2D eigenvalue weighted by Crippen LogP contribution is 2.23. The molecule has 20 heavy (non-hydrogen) atoms. The molecular weight excluding hydrogens is 264 g/mol. The minimum absolute atomic E-state index is 0.0961. The Kier molecular flexibility index (Phi) is 6.48. The van der Waals surface area contributed by atoms with E-state index in [0.29, 0.717) is 0 Å². The molecular formula is C13H18N2O5. The van der Waals surface area contributed by atoms with Crippen LogP contribution in [0.15, 0.2) is 18.2 Å². The van der Waals surface area contributed by atoms with Crippen LogP contribution in [0.1, 0.15) is 5.56 Å². The van der Waals surface area contributed by atoms with E-state index in [1.165, 1.54) is 12.1 Å². The molecule has 0 spiro atoms. The molecule has 7 nitrogen and oxygen atoms in total. The fourth-order valence-electron chi connectivity index (χ4n) is 1.41. The Morgan fingerprint density at radius 2 is 2.00 bits per heavy atom. The van der Waals surface area contributed by atoms with Crippen molar-refractivity contribution in [3.63, 3.8) is 0 Å². The topological polar surface area (TPSA) is 108 Å². The largest absolute Gasteiger partial charge is 0.506 e. The summed E-state index contributed by atoms with van der Waals surface area (Å²) in [6.07, 6.45) is 0. The van der Waals surface area contributed by atoms with E-state index < -0.39 is 11.8 Å². The molecule has 7 heteroatoms. The number of phenolic OH excluding ortho intramolecular Hbond substituents is 1. The lowest BCUT2D eigenvalue weighted by molar-refractivity contribution is -0.136. The molecule has 1 aromatic rings. The number of carbonyl (C=O) groups excluding carboxylic acids is 2. The molecule has 0 unspecified atom stereocenters. The summed E-state index contributed by atoms with van der Waals surface area (Å²) in [5.41, 5.74) is 1.01. The summed E-state index contributed by atoms with van der Waals surface area (Å²) in [4.78, 5) is 23.0. The van der Waals surface area contributed by atoms with Crippen molar-refractivity contribution in [2.24, 2.45) is 0 Å². The zero-order valence-corrected chi connectivity index (χ0v) is 11.2. The van der Waals surface area contributed by atoms with Gasteiger partial charge in [-0.3, -0.25) is 9.59 Å². The van der Waals surface area contributed by atoms with E-state index >= 15 is 0 Å². The van der Waals surface area contributed by atoms with Gasteiger partial charge in [-0.05, 0) is 24.6 Å². The van der Waals surface area contributed by atoms with Crippen molar-refractivity contribution in [2.75, 3.05) is 31.7 Å². The minimum atomic E-state index is -0.869. The Morgan fingerprint density at radius 1 is 1.25 bits per heavy atom. The second-order valence-electron chi connectivity index (χ2n) is 4.07. The van der Waals surface area contributed by atoms with Gasteiger partial charge in [0.15, 0.2) is 0 Å². The van der Waals surface area contributed by atoms with Gasteiger partial charge in [0, 0.05) is 6.54 Å². The van der Waals surface area contributed by atoms with Gasteiger partial charge in [0.05, 0.1) is 25.5 Å². The highest BCUT2D eigenvalue weighted by molar-refractivity contribution is 6.39. The Balaban J connectivity index is 2.39. The molecule has 2 amide bonds. The molecule has 0 aliphatic carbocycles. The van der Waals surface area contributed by atoms with Crippen LogP contribution >= 0.6 is 0 Å². The number of ether oxygens (including phenoxy) is 1. The molecule has 0 atom stereocenters.